The predicted octanol–water partition coefficient (Wildman–Crippen LogP) is 2.34. The second-order valence-corrected chi connectivity index (χ2v) is 5.34. The van der Waals surface area contributed by atoms with Crippen LogP contribution < -0.4 is 10.6 Å². The van der Waals surface area contributed by atoms with Crippen LogP contribution in [-0.4, -0.2) is 29.7 Å². The molecule has 3 N–H and O–H groups in total. The third-order valence-electron chi connectivity index (χ3n) is 3.55. The second-order valence-electron chi connectivity index (χ2n) is 5.34. The molecule has 1 rings (SSSR count). The molecule has 0 saturated heterocycles. The van der Waals surface area contributed by atoms with E-state index in [0.29, 0.717) is 13.0 Å². The molecule has 5 heteroatoms. The molecule has 0 aliphatic carbocycles. The molecule has 0 spiro atoms. The molecule has 2 amide bonds. The number of carbonyl (C=O) groups is 2. The van der Waals surface area contributed by atoms with Crippen molar-refractivity contribution < 1.29 is 14.7 Å². The SMILES string of the molecule is CCC(C)C(NC(=O)NCCc1cccc(C)c1)C(=O)O. The van der Waals surface area contributed by atoms with Gasteiger partial charge in [-0.3, -0.25) is 0 Å². The summed E-state index contributed by atoms with van der Waals surface area (Å²) in [5, 5.41) is 14.3. The smallest absolute Gasteiger partial charge is 0.326 e. The molecule has 21 heavy (non-hydrogen) atoms. The molecule has 116 valence electrons. The highest BCUT2D eigenvalue weighted by Crippen LogP contribution is 2.08. The van der Waals surface area contributed by atoms with Gasteiger partial charge in [-0.1, -0.05) is 50.1 Å². The summed E-state index contributed by atoms with van der Waals surface area (Å²) in [7, 11) is 0. The molecule has 0 aliphatic heterocycles. The first-order valence-electron chi connectivity index (χ1n) is 7.26. The van der Waals surface area contributed by atoms with Gasteiger partial charge in [-0.05, 0) is 24.8 Å². The van der Waals surface area contributed by atoms with Crippen molar-refractivity contribution in [3.8, 4) is 0 Å². The molecule has 0 heterocycles. The van der Waals surface area contributed by atoms with Crippen molar-refractivity contribution >= 4 is 12.0 Å². The predicted molar refractivity (Wildman–Crippen MR) is 82.3 cm³/mol. The summed E-state index contributed by atoms with van der Waals surface area (Å²) in [5.74, 6) is -1.11. The number of carboxylic acids is 1. The molecule has 2 atom stereocenters. The first-order valence-corrected chi connectivity index (χ1v) is 7.26. The molecular weight excluding hydrogens is 268 g/mol. The third-order valence-corrected chi connectivity index (χ3v) is 3.55. The lowest BCUT2D eigenvalue weighted by atomic mass is 9.99. The number of aliphatic carboxylic acids is 1. The summed E-state index contributed by atoms with van der Waals surface area (Å²) in [6, 6.07) is 6.79. The van der Waals surface area contributed by atoms with Crippen molar-refractivity contribution in [2.45, 2.75) is 39.7 Å². The third kappa shape index (κ3) is 5.85. The minimum atomic E-state index is -1.00. The van der Waals surface area contributed by atoms with Crippen molar-refractivity contribution in [3.63, 3.8) is 0 Å². The molecule has 0 aliphatic rings. The Morgan fingerprint density at radius 3 is 2.62 bits per heavy atom. The molecular formula is C16H24N2O3. The number of urea groups is 1. The van der Waals surface area contributed by atoms with Gasteiger partial charge in [-0.25, -0.2) is 9.59 Å². The van der Waals surface area contributed by atoms with Crippen LogP contribution >= 0.6 is 0 Å². The number of hydrogen-bond acceptors (Lipinski definition) is 2. The average Bonchev–Trinajstić information content (AvgIpc) is 2.43. The normalized spacial score (nSPS) is 13.3. The summed E-state index contributed by atoms with van der Waals surface area (Å²) in [6.45, 7) is 6.21. The van der Waals surface area contributed by atoms with Gasteiger partial charge in [-0.2, -0.15) is 0 Å². The Balaban J connectivity index is 2.41. The quantitative estimate of drug-likeness (QED) is 0.721. The first-order chi connectivity index (χ1) is 9.93. The van der Waals surface area contributed by atoms with Crippen LogP contribution in [0.4, 0.5) is 4.79 Å². The number of hydrogen-bond donors (Lipinski definition) is 3. The maximum Gasteiger partial charge on any atom is 0.326 e. The van der Waals surface area contributed by atoms with Crippen molar-refractivity contribution in [1.82, 2.24) is 10.6 Å². The van der Waals surface area contributed by atoms with Crippen LogP contribution in [0.3, 0.4) is 0 Å². The molecule has 0 fully saturated rings. The zero-order valence-electron chi connectivity index (χ0n) is 12.8. The molecule has 2 unspecified atom stereocenters. The van der Waals surface area contributed by atoms with E-state index < -0.39 is 18.0 Å². The number of rotatable bonds is 7. The Morgan fingerprint density at radius 1 is 1.33 bits per heavy atom. The first kappa shape index (κ1) is 17.0. The number of carbonyl (C=O) groups excluding carboxylic acids is 1. The maximum absolute atomic E-state index is 11.7. The molecule has 1 aromatic carbocycles. The van der Waals surface area contributed by atoms with Gasteiger partial charge in [0.15, 0.2) is 0 Å². The topological polar surface area (TPSA) is 78.4 Å². The standard InChI is InChI=1S/C16H24N2O3/c1-4-12(3)14(15(19)20)18-16(21)17-9-8-13-7-5-6-11(2)10-13/h5-7,10,12,14H,4,8-9H2,1-3H3,(H,19,20)(H2,17,18,21). The van der Waals surface area contributed by atoms with Gasteiger partial charge in [0.05, 0.1) is 0 Å². The van der Waals surface area contributed by atoms with Gasteiger partial charge in [-0.15, -0.1) is 0 Å². The van der Waals surface area contributed by atoms with Crippen molar-refractivity contribution in [1.29, 1.82) is 0 Å². The van der Waals surface area contributed by atoms with Crippen LogP contribution in [-0.2, 0) is 11.2 Å². The molecule has 1 aromatic rings. The van der Waals surface area contributed by atoms with E-state index in [9.17, 15) is 9.59 Å². The molecule has 5 nitrogen and oxygen atoms in total. The van der Waals surface area contributed by atoms with Gasteiger partial charge >= 0.3 is 12.0 Å². The Labute approximate surface area is 125 Å². The minimum Gasteiger partial charge on any atom is -0.480 e. The number of carboxylic acid groups (broad SMARTS) is 1. The van der Waals surface area contributed by atoms with Gasteiger partial charge < -0.3 is 15.7 Å². The highest BCUT2D eigenvalue weighted by Gasteiger charge is 2.24. The number of benzene rings is 1. The van der Waals surface area contributed by atoms with E-state index in [1.807, 2.05) is 39.0 Å². The van der Waals surface area contributed by atoms with Crippen LogP contribution in [0.5, 0.6) is 0 Å². The summed E-state index contributed by atoms with van der Waals surface area (Å²) >= 11 is 0. The summed E-state index contributed by atoms with van der Waals surface area (Å²) in [4.78, 5) is 22.9. The van der Waals surface area contributed by atoms with Gasteiger partial charge in [0, 0.05) is 6.54 Å². The van der Waals surface area contributed by atoms with Crippen LogP contribution in [0.1, 0.15) is 31.4 Å². The molecule has 0 radical (unpaired) electrons. The number of amides is 2. The number of aryl methyl sites for hydroxylation is 1. The van der Waals surface area contributed by atoms with Gasteiger partial charge in [0.25, 0.3) is 0 Å². The fraction of sp³-hybridized carbons (Fsp3) is 0.500. The van der Waals surface area contributed by atoms with Crippen molar-refractivity contribution in [3.05, 3.63) is 35.4 Å². The maximum atomic E-state index is 11.7. The van der Waals surface area contributed by atoms with Crippen LogP contribution in [0.2, 0.25) is 0 Å². The highest BCUT2D eigenvalue weighted by atomic mass is 16.4. The Morgan fingerprint density at radius 2 is 2.05 bits per heavy atom. The van der Waals surface area contributed by atoms with Gasteiger partial charge in [0.2, 0.25) is 0 Å². The van der Waals surface area contributed by atoms with Crippen molar-refractivity contribution in [2.24, 2.45) is 5.92 Å². The van der Waals surface area contributed by atoms with E-state index in [2.05, 4.69) is 16.7 Å². The lowest BCUT2D eigenvalue weighted by Gasteiger charge is -2.20. The Kier molecular flexibility index (Phi) is 6.72. The molecule has 0 saturated carbocycles. The van der Waals surface area contributed by atoms with E-state index in [-0.39, 0.29) is 5.92 Å². The average molecular weight is 292 g/mol. The van der Waals surface area contributed by atoms with E-state index in [1.165, 1.54) is 5.56 Å². The molecule has 0 aromatic heterocycles. The number of nitrogens with one attached hydrogen (secondary N) is 2. The van der Waals surface area contributed by atoms with Gasteiger partial charge in [0.1, 0.15) is 6.04 Å². The minimum absolute atomic E-state index is 0.106. The Hall–Kier alpha value is -2.04. The lowest BCUT2D eigenvalue weighted by Crippen LogP contribution is -2.49. The summed E-state index contributed by atoms with van der Waals surface area (Å²) in [5.41, 5.74) is 2.33. The largest absolute Gasteiger partial charge is 0.480 e. The Bertz CT molecular complexity index is 488. The summed E-state index contributed by atoms with van der Waals surface area (Å²) in [6.07, 6.45) is 1.41. The van der Waals surface area contributed by atoms with Crippen LogP contribution in [0, 0.1) is 12.8 Å². The van der Waals surface area contributed by atoms with E-state index >= 15 is 0 Å². The molecule has 0 bridgehead atoms. The highest BCUT2D eigenvalue weighted by molar-refractivity contribution is 5.82. The summed E-state index contributed by atoms with van der Waals surface area (Å²) < 4.78 is 0. The van der Waals surface area contributed by atoms with Crippen LogP contribution in [0.15, 0.2) is 24.3 Å². The second kappa shape index (κ2) is 8.29. The zero-order valence-corrected chi connectivity index (χ0v) is 12.8. The fourth-order valence-corrected chi connectivity index (χ4v) is 2.06. The van der Waals surface area contributed by atoms with Crippen molar-refractivity contribution in [2.75, 3.05) is 6.54 Å². The van der Waals surface area contributed by atoms with E-state index in [4.69, 9.17) is 5.11 Å². The zero-order chi connectivity index (χ0) is 15.8. The fourth-order valence-electron chi connectivity index (χ4n) is 2.06. The van der Waals surface area contributed by atoms with Crippen LogP contribution in [0.25, 0.3) is 0 Å². The van der Waals surface area contributed by atoms with E-state index in [0.717, 1.165) is 12.0 Å². The lowest BCUT2D eigenvalue weighted by molar-refractivity contribution is -0.140. The van der Waals surface area contributed by atoms with E-state index in [1.54, 1.807) is 0 Å². The monoisotopic (exact) mass is 292 g/mol.